The molecule has 252 valence electrons. The van der Waals surface area contributed by atoms with Crippen LogP contribution in [0.15, 0.2) is 103 Å². The largest absolute Gasteiger partial charge is 0.481 e. The molecule has 4 aromatic rings. The number of aliphatic hydroxyl groups is 2. The predicted octanol–water partition coefficient (Wildman–Crippen LogP) is 5.93. The summed E-state index contributed by atoms with van der Waals surface area (Å²) in [6, 6.07) is 33.2. The van der Waals surface area contributed by atoms with Gasteiger partial charge in [-0.2, -0.15) is 0 Å². The summed E-state index contributed by atoms with van der Waals surface area (Å²) in [5, 5.41) is 32.2. The molecule has 1 fully saturated rings. The Bertz CT molecular complexity index is 1630. The molecule has 1 heterocycles. The molecule has 0 saturated carbocycles. The molecule has 5 atom stereocenters. The number of likely N-dealkylation sites (N-methyl/N-ethyl adjacent to an activating group) is 1. The van der Waals surface area contributed by atoms with Crippen LogP contribution >= 0.6 is 0 Å². The van der Waals surface area contributed by atoms with Crippen molar-refractivity contribution in [3.05, 3.63) is 131 Å². The van der Waals surface area contributed by atoms with Gasteiger partial charge in [0, 0.05) is 37.5 Å². The molecule has 0 unspecified atom stereocenters. The molecule has 0 bridgehead atoms. The highest BCUT2D eigenvalue weighted by Crippen LogP contribution is 2.39. The topological polar surface area (TPSA) is 129 Å². The number of carbonyl (C=O) groups is 2. The zero-order valence-electron chi connectivity index (χ0n) is 27.4. The summed E-state index contributed by atoms with van der Waals surface area (Å²) in [6.07, 6.45) is -1.29. The Hall–Kier alpha value is -4.38. The van der Waals surface area contributed by atoms with Crippen molar-refractivity contribution in [1.82, 2.24) is 10.2 Å². The second-order valence-electron chi connectivity index (χ2n) is 12.4. The Labute approximate surface area is 281 Å². The number of hydrogen-bond acceptors (Lipinski definition) is 7. The SMILES string of the molecule is C[C@@H]([C@H](O)c1ccccc1)N(C)C[C@H]1C[C@@H](c2ccc(CO)cc2)O[C@@H](c2ccc(-c3cccc(CNC(=O)CCC(=O)O)c3)cc2)O1. The summed E-state index contributed by atoms with van der Waals surface area (Å²) in [7, 11) is 2.00. The Balaban J connectivity index is 1.29. The summed E-state index contributed by atoms with van der Waals surface area (Å²) in [4.78, 5) is 24.9. The number of amides is 1. The smallest absolute Gasteiger partial charge is 0.303 e. The van der Waals surface area contributed by atoms with E-state index in [4.69, 9.17) is 14.6 Å². The second-order valence-corrected chi connectivity index (χ2v) is 12.4. The minimum atomic E-state index is -0.997. The van der Waals surface area contributed by atoms with E-state index in [0.717, 1.165) is 38.9 Å². The third-order valence-electron chi connectivity index (χ3n) is 8.90. The van der Waals surface area contributed by atoms with Crippen molar-refractivity contribution >= 4 is 11.9 Å². The van der Waals surface area contributed by atoms with Gasteiger partial charge in [-0.15, -0.1) is 0 Å². The van der Waals surface area contributed by atoms with Gasteiger partial charge in [-0.1, -0.05) is 97.1 Å². The molecule has 9 nitrogen and oxygen atoms in total. The maximum absolute atomic E-state index is 12.0. The lowest BCUT2D eigenvalue weighted by molar-refractivity contribution is -0.253. The molecule has 9 heteroatoms. The van der Waals surface area contributed by atoms with Crippen LogP contribution in [0.5, 0.6) is 0 Å². The van der Waals surface area contributed by atoms with Crippen molar-refractivity contribution in [3.8, 4) is 11.1 Å². The average molecular weight is 653 g/mol. The zero-order chi connectivity index (χ0) is 34.0. The van der Waals surface area contributed by atoms with Crippen LogP contribution in [0.3, 0.4) is 0 Å². The Kier molecular flexibility index (Phi) is 12.1. The number of ether oxygens (including phenoxy) is 2. The monoisotopic (exact) mass is 652 g/mol. The normalized spacial score (nSPS) is 19.1. The lowest BCUT2D eigenvalue weighted by Gasteiger charge is -2.39. The molecular weight excluding hydrogens is 608 g/mol. The van der Waals surface area contributed by atoms with Crippen LogP contribution in [0, 0.1) is 0 Å². The number of hydrogen-bond donors (Lipinski definition) is 4. The van der Waals surface area contributed by atoms with Gasteiger partial charge >= 0.3 is 5.97 Å². The molecule has 0 spiro atoms. The van der Waals surface area contributed by atoms with E-state index in [1.807, 2.05) is 117 Å². The van der Waals surface area contributed by atoms with Gasteiger partial charge in [0.15, 0.2) is 6.29 Å². The Morgan fingerprint density at radius 2 is 1.56 bits per heavy atom. The maximum atomic E-state index is 12.0. The van der Waals surface area contributed by atoms with Crippen LogP contribution in [0.4, 0.5) is 0 Å². The van der Waals surface area contributed by atoms with E-state index < -0.39 is 18.4 Å². The van der Waals surface area contributed by atoms with E-state index in [2.05, 4.69) is 10.2 Å². The van der Waals surface area contributed by atoms with Crippen LogP contribution in [0.2, 0.25) is 0 Å². The lowest BCUT2D eigenvalue weighted by Crippen LogP contribution is -2.43. The fourth-order valence-electron chi connectivity index (χ4n) is 5.89. The van der Waals surface area contributed by atoms with Gasteiger partial charge in [0.1, 0.15) is 0 Å². The first-order valence-corrected chi connectivity index (χ1v) is 16.3. The Morgan fingerprint density at radius 3 is 2.25 bits per heavy atom. The van der Waals surface area contributed by atoms with Gasteiger partial charge in [-0.3, -0.25) is 14.5 Å². The number of aliphatic hydroxyl groups excluding tert-OH is 2. The second kappa shape index (κ2) is 16.6. The van der Waals surface area contributed by atoms with Crippen LogP contribution in [0.25, 0.3) is 11.1 Å². The molecule has 4 N–H and O–H groups in total. The van der Waals surface area contributed by atoms with Crippen molar-refractivity contribution in [2.45, 2.75) is 70.0 Å². The number of benzene rings is 4. The third kappa shape index (κ3) is 9.37. The van der Waals surface area contributed by atoms with Crippen molar-refractivity contribution in [1.29, 1.82) is 0 Å². The Morgan fingerprint density at radius 1 is 0.854 bits per heavy atom. The first-order valence-electron chi connectivity index (χ1n) is 16.3. The molecule has 48 heavy (non-hydrogen) atoms. The van der Waals surface area contributed by atoms with E-state index in [0.29, 0.717) is 19.5 Å². The molecule has 1 saturated heterocycles. The fourth-order valence-corrected chi connectivity index (χ4v) is 5.89. The van der Waals surface area contributed by atoms with E-state index >= 15 is 0 Å². The molecule has 4 aromatic carbocycles. The summed E-state index contributed by atoms with van der Waals surface area (Å²) < 4.78 is 13.1. The molecule has 1 aliphatic heterocycles. The van der Waals surface area contributed by atoms with Crippen LogP contribution in [0.1, 0.15) is 72.5 Å². The van der Waals surface area contributed by atoms with Crippen molar-refractivity contribution in [3.63, 3.8) is 0 Å². The minimum absolute atomic E-state index is 0.0245. The average Bonchev–Trinajstić information content (AvgIpc) is 3.13. The van der Waals surface area contributed by atoms with Crippen LogP contribution in [-0.4, -0.2) is 57.8 Å². The summed E-state index contributed by atoms with van der Waals surface area (Å²) in [5.74, 6) is -1.29. The number of nitrogens with zero attached hydrogens (tertiary/aromatic N) is 1. The van der Waals surface area contributed by atoms with E-state index in [1.165, 1.54) is 0 Å². The molecule has 0 radical (unpaired) electrons. The highest BCUT2D eigenvalue weighted by molar-refractivity contribution is 5.80. The fraction of sp³-hybridized carbons (Fsp3) is 0.333. The van der Waals surface area contributed by atoms with Gasteiger partial charge in [-0.25, -0.2) is 0 Å². The number of carbonyl (C=O) groups excluding carboxylic acids is 1. The first kappa shape index (κ1) is 34.9. The van der Waals surface area contributed by atoms with E-state index in [-0.39, 0.29) is 43.6 Å². The summed E-state index contributed by atoms with van der Waals surface area (Å²) in [5.41, 5.74) is 6.48. The third-order valence-corrected chi connectivity index (χ3v) is 8.90. The van der Waals surface area contributed by atoms with E-state index in [9.17, 15) is 19.8 Å². The molecule has 0 aliphatic carbocycles. The number of carboxylic acids is 1. The number of carboxylic acid groups (broad SMARTS) is 1. The highest BCUT2D eigenvalue weighted by atomic mass is 16.7. The first-order chi connectivity index (χ1) is 23.2. The summed E-state index contributed by atoms with van der Waals surface area (Å²) in [6.45, 7) is 2.89. The van der Waals surface area contributed by atoms with Gasteiger partial charge in [0.2, 0.25) is 5.91 Å². The van der Waals surface area contributed by atoms with Gasteiger partial charge in [-0.05, 0) is 53.4 Å². The lowest BCUT2D eigenvalue weighted by atomic mass is 9.98. The van der Waals surface area contributed by atoms with Gasteiger partial charge in [0.25, 0.3) is 0 Å². The molecular formula is C39H44N2O7. The quantitative estimate of drug-likeness (QED) is 0.132. The van der Waals surface area contributed by atoms with Crippen LogP contribution in [-0.2, 0) is 32.2 Å². The van der Waals surface area contributed by atoms with E-state index in [1.54, 1.807) is 0 Å². The van der Waals surface area contributed by atoms with Gasteiger partial charge in [0.05, 0.1) is 31.3 Å². The molecule has 0 aromatic heterocycles. The molecule has 1 aliphatic rings. The maximum Gasteiger partial charge on any atom is 0.303 e. The molecule has 5 rings (SSSR count). The summed E-state index contributed by atoms with van der Waals surface area (Å²) >= 11 is 0. The van der Waals surface area contributed by atoms with Crippen molar-refractivity contribution in [2.24, 2.45) is 0 Å². The minimum Gasteiger partial charge on any atom is -0.481 e. The standard InChI is InChI=1S/C39H44N2O7/c1-26(38(46)31-8-4-3-5-9-31)41(2)24-34-22-35(30-13-11-27(25-42)12-14-30)48-39(47-34)32-17-15-29(16-18-32)33-10-6-7-28(21-33)23-40-36(43)19-20-37(44)45/h3-18,21,26,34-35,38-39,42,46H,19-20,22-25H2,1-2H3,(H,40,43)(H,44,45)/t26-,34+,35-,38-,39-/m0/s1. The zero-order valence-corrected chi connectivity index (χ0v) is 27.4. The van der Waals surface area contributed by atoms with Gasteiger partial charge < -0.3 is 30.1 Å². The molecule has 1 amide bonds. The highest BCUT2D eigenvalue weighted by Gasteiger charge is 2.34. The van der Waals surface area contributed by atoms with Crippen molar-refractivity contribution < 1.29 is 34.4 Å². The predicted molar refractivity (Wildman–Crippen MR) is 183 cm³/mol. The van der Waals surface area contributed by atoms with Crippen molar-refractivity contribution in [2.75, 3.05) is 13.6 Å². The number of nitrogens with one attached hydrogen (secondary N) is 1. The number of aliphatic carboxylic acids is 1. The van der Waals surface area contributed by atoms with Crippen LogP contribution < -0.4 is 5.32 Å². The number of rotatable bonds is 14.